The van der Waals surface area contributed by atoms with Gasteiger partial charge in [0.05, 0.1) is 0 Å². The van der Waals surface area contributed by atoms with E-state index in [0.29, 0.717) is 35.0 Å². The van der Waals surface area contributed by atoms with Crippen LogP contribution in [0.1, 0.15) is 93.7 Å². The van der Waals surface area contributed by atoms with Gasteiger partial charge in [-0.25, -0.2) is 0 Å². The van der Waals surface area contributed by atoms with Crippen LogP contribution in [0.25, 0.3) is 0 Å². The zero-order chi connectivity index (χ0) is 43.0. The summed E-state index contributed by atoms with van der Waals surface area (Å²) in [5.41, 5.74) is 3.25. The van der Waals surface area contributed by atoms with E-state index in [1.54, 1.807) is 0 Å². The van der Waals surface area contributed by atoms with Crippen LogP contribution in [0.2, 0.25) is 0 Å². The minimum absolute atomic E-state index is 0.00909. The Morgan fingerprint density at radius 1 is 0.387 bits per heavy atom. The zero-order valence-electron chi connectivity index (χ0n) is 35.6. The van der Waals surface area contributed by atoms with Gasteiger partial charge in [-0.3, -0.25) is 0 Å². The molecule has 0 amide bonds. The number of hydrogen-bond donors (Lipinski definition) is 0. The molecule has 3 aromatic carbocycles. The Bertz CT molecular complexity index is 2370. The molecule has 3 aromatic rings. The van der Waals surface area contributed by atoms with E-state index in [0.717, 1.165) is 68.6 Å². The Morgan fingerprint density at radius 2 is 0.726 bits per heavy atom. The fraction of sp³-hybridized carbons (Fsp3) is 0.464. The molecular formula is C56H54O6. The summed E-state index contributed by atoms with van der Waals surface area (Å²) in [5.74, 6) is 22.0. The average molecular weight is 823 g/mol. The van der Waals surface area contributed by atoms with Crippen LogP contribution in [0.5, 0.6) is 34.5 Å². The van der Waals surface area contributed by atoms with Crippen LogP contribution in [0.4, 0.5) is 0 Å². The van der Waals surface area contributed by atoms with Gasteiger partial charge in [-0.15, -0.1) is 38.5 Å². The summed E-state index contributed by atoms with van der Waals surface area (Å²) in [6.45, 7) is 0.999. The Balaban J connectivity index is 1.21. The lowest BCUT2D eigenvalue weighted by molar-refractivity contribution is -0.219. The third-order valence-electron chi connectivity index (χ3n) is 15.7. The van der Waals surface area contributed by atoms with E-state index < -0.39 is 0 Å². The minimum atomic E-state index is -0.219. The maximum absolute atomic E-state index is 6.50. The summed E-state index contributed by atoms with van der Waals surface area (Å²) in [5, 5.41) is 0. The molecular weight excluding hydrogens is 769 g/mol. The standard InChI is InChI=1S/C56H54O6/c1-7-19-57-43-13-16-46(49(26-43)60-22-10-4)52-29-40-25-41(30-52)34-55(33-40,37-52)56-35-42-31-53(38-56,47-17-14-44(58-20-8-2)27-50(47)61-23-11-5)36-54(32-42,39-56)48-18-15-45(59-21-9-3)28-51(48)62-24-12-6/h1-6,13-18,26-28,40-42H,19-25,29-39H2. The SMILES string of the molecule is C#CCOc1ccc(C23CC4CC(C2)CC(C25CC6CC(c7ccc(OCC#C)cc7OCC#C)(CC(c7ccc(OCC#C)cc7OCC#C)(C6)C2)C5)(C4)C3)c(OCC#C)c1. The molecule has 6 heteroatoms. The quantitative estimate of drug-likeness (QED) is 0.134. The zero-order valence-corrected chi connectivity index (χ0v) is 35.6. The van der Waals surface area contributed by atoms with Crippen molar-refractivity contribution in [3.63, 3.8) is 0 Å². The molecule has 8 saturated carbocycles. The molecule has 8 fully saturated rings. The normalized spacial score (nSPS) is 31.5. The van der Waals surface area contributed by atoms with E-state index in [4.69, 9.17) is 67.0 Å². The van der Waals surface area contributed by atoms with Gasteiger partial charge in [0.25, 0.3) is 0 Å². The molecule has 8 bridgehead atoms. The second-order valence-corrected chi connectivity index (χ2v) is 19.3. The highest BCUT2D eigenvalue weighted by atomic mass is 16.5. The number of hydrogen-bond acceptors (Lipinski definition) is 6. The Morgan fingerprint density at radius 3 is 1.13 bits per heavy atom. The highest BCUT2D eigenvalue weighted by molar-refractivity contribution is 5.53. The number of terminal acetylenes is 6. The first kappa shape index (κ1) is 41.2. The Labute approximate surface area is 368 Å². The fourth-order valence-electron chi connectivity index (χ4n) is 15.0. The Kier molecular flexibility index (Phi) is 10.8. The van der Waals surface area contributed by atoms with Crippen LogP contribution in [0.3, 0.4) is 0 Å². The first-order valence-corrected chi connectivity index (χ1v) is 22.0. The predicted molar refractivity (Wildman–Crippen MR) is 241 cm³/mol. The molecule has 8 aliphatic carbocycles. The third-order valence-corrected chi connectivity index (χ3v) is 15.7. The predicted octanol–water partition coefficient (Wildman–Crippen LogP) is 9.46. The molecule has 8 aliphatic rings. The minimum Gasteiger partial charge on any atom is -0.481 e. The lowest BCUT2D eigenvalue weighted by Crippen LogP contribution is -2.68. The lowest BCUT2D eigenvalue weighted by Gasteiger charge is -2.76. The van der Waals surface area contributed by atoms with Crippen LogP contribution in [0.15, 0.2) is 54.6 Å². The molecule has 0 aliphatic heterocycles. The highest BCUT2D eigenvalue weighted by Gasteiger charge is 2.73. The molecule has 0 heterocycles. The third kappa shape index (κ3) is 6.97. The molecule has 11 rings (SSSR count). The molecule has 0 radical (unpaired) electrons. The van der Waals surface area contributed by atoms with Crippen LogP contribution in [0, 0.1) is 103 Å². The number of rotatable bonds is 16. The molecule has 4 unspecified atom stereocenters. The first-order valence-electron chi connectivity index (χ1n) is 22.0. The van der Waals surface area contributed by atoms with Crippen molar-refractivity contribution in [1.29, 1.82) is 0 Å². The van der Waals surface area contributed by atoms with Gasteiger partial charge in [0.2, 0.25) is 0 Å². The van der Waals surface area contributed by atoms with Crippen molar-refractivity contribution in [1.82, 2.24) is 0 Å². The maximum atomic E-state index is 6.50. The number of ether oxygens (including phenoxy) is 6. The maximum Gasteiger partial charge on any atom is 0.148 e. The van der Waals surface area contributed by atoms with Crippen LogP contribution in [-0.2, 0) is 16.2 Å². The second-order valence-electron chi connectivity index (χ2n) is 19.3. The van der Waals surface area contributed by atoms with Gasteiger partial charge < -0.3 is 28.4 Å². The molecule has 6 nitrogen and oxygen atoms in total. The summed E-state index contributed by atoms with van der Waals surface area (Å²) in [6.07, 6.45) is 47.8. The van der Waals surface area contributed by atoms with Gasteiger partial charge in [-0.2, -0.15) is 0 Å². The smallest absolute Gasteiger partial charge is 0.148 e. The van der Waals surface area contributed by atoms with Crippen LogP contribution in [-0.4, -0.2) is 39.6 Å². The van der Waals surface area contributed by atoms with Crippen LogP contribution < -0.4 is 28.4 Å². The summed E-state index contributed by atoms with van der Waals surface area (Å²) >= 11 is 0. The molecule has 0 N–H and O–H groups in total. The van der Waals surface area contributed by atoms with Crippen molar-refractivity contribution < 1.29 is 28.4 Å². The monoisotopic (exact) mass is 822 g/mol. The van der Waals surface area contributed by atoms with Gasteiger partial charge >= 0.3 is 0 Å². The first-order chi connectivity index (χ1) is 30.2. The summed E-state index contributed by atoms with van der Waals surface area (Å²) < 4.78 is 37.3. The van der Waals surface area contributed by atoms with Crippen molar-refractivity contribution in [2.24, 2.45) is 28.6 Å². The second kappa shape index (κ2) is 16.3. The van der Waals surface area contributed by atoms with E-state index in [2.05, 4.69) is 71.9 Å². The molecule has 0 spiro atoms. The van der Waals surface area contributed by atoms with E-state index in [1.807, 2.05) is 18.2 Å². The summed E-state index contributed by atoms with van der Waals surface area (Å²) in [6, 6.07) is 18.9. The fourth-order valence-corrected chi connectivity index (χ4v) is 15.0. The van der Waals surface area contributed by atoms with Gasteiger partial charge in [-0.05, 0) is 124 Å². The summed E-state index contributed by atoms with van der Waals surface area (Å²) in [4.78, 5) is 0. The lowest BCUT2D eigenvalue weighted by atomic mass is 9.28. The van der Waals surface area contributed by atoms with Crippen molar-refractivity contribution >= 4 is 0 Å². The van der Waals surface area contributed by atoms with Gasteiger partial charge in [-0.1, -0.05) is 53.7 Å². The Hall–Kier alpha value is -6.18. The van der Waals surface area contributed by atoms with E-state index >= 15 is 0 Å². The number of benzene rings is 3. The average Bonchev–Trinajstić information content (AvgIpc) is 3.26. The molecule has 0 saturated heterocycles. The van der Waals surface area contributed by atoms with Crippen molar-refractivity contribution in [3.05, 3.63) is 71.3 Å². The van der Waals surface area contributed by atoms with E-state index in [9.17, 15) is 0 Å². The van der Waals surface area contributed by atoms with Gasteiger partial charge in [0, 0.05) is 51.1 Å². The largest absolute Gasteiger partial charge is 0.481 e. The summed E-state index contributed by atoms with van der Waals surface area (Å²) in [7, 11) is 0. The highest BCUT2D eigenvalue weighted by Crippen LogP contribution is 2.81. The van der Waals surface area contributed by atoms with Gasteiger partial charge in [0.1, 0.15) is 74.1 Å². The van der Waals surface area contributed by atoms with Crippen LogP contribution >= 0.6 is 0 Å². The molecule has 62 heavy (non-hydrogen) atoms. The van der Waals surface area contributed by atoms with Crippen molar-refractivity contribution in [2.75, 3.05) is 39.6 Å². The van der Waals surface area contributed by atoms with E-state index in [1.165, 1.54) is 42.4 Å². The molecule has 0 aromatic heterocycles. The van der Waals surface area contributed by atoms with Gasteiger partial charge in [0.15, 0.2) is 0 Å². The van der Waals surface area contributed by atoms with Crippen molar-refractivity contribution in [3.8, 4) is 109 Å². The molecule has 314 valence electrons. The molecule has 4 atom stereocenters. The topological polar surface area (TPSA) is 55.4 Å². The van der Waals surface area contributed by atoms with Crippen molar-refractivity contribution in [2.45, 2.75) is 93.3 Å². The van der Waals surface area contributed by atoms with E-state index in [-0.39, 0.29) is 66.7 Å².